The Balaban J connectivity index is 2.13. The molecule has 2 fully saturated rings. The quantitative estimate of drug-likeness (QED) is 0.404. The molecule has 24 heavy (non-hydrogen) atoms. The van der Waals surface area contributed by atoms with Gasteiger partial charge in [-0.3, -0.25) is 0 Å². The summed E-state index contributed by atoms with van der Waals surface area (Å²) in [4.78, 5) is 10.4. The van der Waals surface area contributed by atoms with Crippen LogP contribution in [-0.4, -0.2) is 48.0 Å². The first kappa shape index (κ1) is 19.2. The molecule has 0 N–H and O–H groups in total. The normalized spacial score (nSPS) is 23.1. The third-order valence-corrected chi connectivity index (χ3v) is 5.53. The number of guanidine groups is 1. The fourth-order valence-electron chi connectivity index (χ4n) is 4.07. The molecule has 0 amide bonds. The van der Waals surface area contributed by atoms with E-state index in [4.69, 9.17) is 11.4 Å². The first-order chi connectivity index (χ1) is 11.8. The van der Waals surface area contributed by atoms with Gasteiger partial charge in [-0.15, -0.1) is 12.3 Å². The van der Waals surface area contributed by atoms with E-state index in [0.29, 0.717) is 12.0 Å². The number of hydrogen-bond donors (Lipinski definition) is 0. The summed E-state index contributed by atoms with van der Waals surface area (Å²) in [6.07, 6.45) is 18.1. The molecule has 1 aliphatic heterocycles. The average Bonchev–Trinajstić information content (AvgIpc) is 2.62. The lowest BCUT2D eigenvalue weighted by atomic mass is 9.95. The predicted molar refractivity (Wildman–Crippen MR) is 104 cm³/mol. The molecule has 0 bridgehead atoms. The number of aliphatic imine (C=N–C) groups is 1. The highest BCUT2D eigenvalue weighted by atomic mass is 15.4. The van der Waals surface area contributed by atoms with Gasteiger partial charge in [0.2, 0.25) is 0 Å². The summed E-state index contributed by atoms with van der Waals surface area (Å²) in [5.74, 6) is 4.80. The van der Waals surface area contributed by atoms with E-state index >= 15 is 0 Å². The second-order valence-corrected chi connectivity index (χ2v) is 7.52. The zero-order valence-electron chi connectivity index (χ0n) is 16.0. The van der Waals surface area contributed by atoms with Crippen LogP contribution in [0.1, 0.15) is 78.1 Å². The summed E-state index contributed by atoms with van der Waals surface area (Å²) in [5, 5.41) is 0. The van der Waals surface area contributed by atoms with E-state index in [1.807, 2.05) is 0 Å². The molecule has 1 saturated heterocycles. The number of unbranched alkanes of at least 4 members (excludes halogenated alkanes) is 1. The van der Waals surface area contributed by atoms with E-state index in [2.05, 4.69) is 29.6 Å². The minimum atomic E-state index is 0.539. The lowest BCUT2D eigenvalue weighted by molar-refractivity contribution is 0.226. The molecule has 0 aromatic carbocycles. The summed E-state index contributed by atoms with van der Waals surface area (Å²) in [7, 11) is 0. The Morgan fingerprint density at radius 1 is 1.17 bits per heavy atom. The Kier molecular flexibility index (Phi) is 8.50. The number of nitrogens with zero attached hydrogens (tertiary/aromatic N) is 3. The molecule has 0 spiro atoms. The fraction of sp³-hybridized carbons (Fsp3) is 0.857. The summed E-state index contributed by atoms with van der Waals surface area (Å²) in [6, 6.07) is 0.539. The van der Waals surface area contributed by atoms with Crippen molar-refractivity contribution in [2.75, 3.05) is 26.2 Å². The average molecular weight is 332 g/mol. The van der Waals surface area contributed by atoms with Crippen LogP contribution in [0.3, 0.4) is 0 Å². The third kappa shape index (κ3) is 5.72. The monoisotopic (exact) mass is 331 g/mol. The van der Waals surface area contributed by atoms with Crippen LogP contribution in [0.2, 0.25) is 0 Å². The second kappa shape index (κ2) is 10.6. The van der Waals surface area contributed by atoms with Crippen molar-refractivity contribution < 1.29 is 0 Å². The van der Waals surface area contributed by atoms with Crippen molar-refractivity contribution in [1.82, 2.24) is 9.80 Å². The molecule has 1 atom stereocenters. The van der Waals surface area contributed by atoms with Crippen molar-refractivity contribution in [1.29, 1.82) is 0 Å². The van der Waals surface area contributed by atoms with Crippen LogP contribution in [-0.2, 0) is 0 Å². The van der Waals surface area contributed by atoms with Gasteiger partial charge in [-0.05, 0) is 44.9 Å². The Hall–Kier alpha value is -1.17. The molecule has 136 valence electrons. The Bertz CT molecular complexity index is 417. The van der Waals surface area contributed by atoms with Gasteiger partial charge in [0.15, 0.2) is 5.96 Å². The molecule has 2 rings (SSSR count). The van der Waals surface area contributed by atoms with Crippen molar-refractivity contribution in [3.63, 3.8) is 0 Å². The van der Waals surface area contributed by atoms with E-state index in [9.17, 15) is 0 Å². The zero-order chi connectivity index (χ0) is 17.2. The van der Waals surface area contributed by atoms with Crippen LogP contribution in [0.15, 0.2) is 4.99 Å². The highest BCUT2D eigenvalue weighted by molar-refractivity contribution is 5.80. The van der Waals surface area contributed by atoms with Gasteiger partial charge < -0.3 is 9.80 Å². The molecule has 1 unspecified atom stereocenters. The number of terminal acetylenes is 1. The van der Waals surface area contributed by atoms with Crippen LogP contribution in [0.5, 0.6) is 0 Å². The standard InChI is InChI=1S/C21H37N3/c1-4-7-16-23(6-3)21(22-20-14-9-8-10-15-20)24-17-11-13-19(18-24)12-5-2/h2,19-20H,4,6-18H2,1,3H3. The van der Waals surface area contributed by atoms with E-state index in [0.717, 1.165) is 32.6 Å². The minimum Gasteiger partial charge on any atom is -0.343 e. The maximum absolute atomic E-state index is 5.57. The van der Waals surface area contributed by atoms with Gasteiger partial charge >= 0.3 is 0 Å². The molecule has 2 aliphatic rings. The molecular formula is C21H37N3. The van der Waals surface area contributed by atoms with Crippen LogP contribution in [0, 0.1) is 18.3 Å². The van der Waals surface area contributed by atoms with Crippen LogP contribution in [0.25, 0.3) is 0 Å². The number of piperidine rings is 1. The smallest absolute Gasteiger partial charge is 0.196 e. The topological polar surface area (TPSA) is 18.8 Å². The predicted octanol–water partition coefficient (Wildman–Crippen LogP) is 4.53. The van der Waals surface area contributed by atoms with E-state index in [1.165, 1.54) is 63.7 Å². The number of likely N-dealkylation sites (tertiary alicyclic amines) is 1. The number of hydrogen-bond acceptors (Lipinski definition) is 1. The maximum atomic E-state index is 5.57. The van der Waals surface area contributed by atoms with E-state index < -0.39 is 0 Å². The van der Waals surface area contributed by atoms with Crippen molar-refractivity contribution in [3.8, 4) is 12.3 Å². The van der Waals surface area contributed by atoms with Gasteiger partial charge in [0.1, 0.15) is 0 Å². The third-order valence-electron chi connectivity index (χ3n) is 5.53. The van der Waals surface area contributed by atoms with Gasteiger partial charge in [0, 0.05) is 32.6 Å². The van der Waals surface area contributed by atoms with E-state index in [1.54, 1.807) is 0 Å². The highest BCUT2D eigenvalue weighted by Gasteiger charge is 2.26. The largest absolute Gasteiger partial charge is 0.343 e. The first-order valence-electron chi connectivity index (χ1n) is 10.3. The van der Waals surface area contributed by atoms with Crippen LogP contribution in [0.4, 0.5) is 0 Å². The zero-order valence-corrected chi connectivity index (χ0v) is 16.0. The van der Waals surface area contributed by atoms with Gasteiger partial charge in [-0.25, -0.2) is 4.99 Å². The maximum Gasteiger partial charge on any atom is 0.196 e. The van der Waals surface area contributed by atoms with Crippen molar-refractivity contribution in [2.45, 2.75) is 84.1 Å². The summed E-state index contributed by atoms with van der Waals surface area (Å²) < 4.78 is 0. The minimum absolute atomic E-state index is 0.539. The van der Waals surface area contributed by atoms with Gasteiger partial charge in [-0.1, -0.05) is 32.6 Å². The Morgan fingerprint density at radius 2 is 1.96 bits per heavy atom. The Labute approximate surface area is 149 Å². The molecule has 3 heteroatoms. The second-order valence-electron chi connectivity index (χ2n) is 7.52. The van der Waals surface area contributed by atoms with Crippen molar-refractivity contribution in [2.24, 2.45) is 10.9 Å². The molecule has 1 heterocycles. The summed E-state index contributed by atoms with van der Waals surface area (Å²) in [6.45, 7) is 8.98. The molecule has 1 aliphatic carbocycles. The lowest BCUT2D eigenvalue weighted by Crippen LogP contribution is -2.49. The summed E-state index contributed by atoms with van der Waals surface area (Å²) in [5.41, 5.74) is 0. The molecule has 0 radical (unpaired) electrons. The number of rotatable bonds is 6. The first-order valence-corrected chi connectivity index (χ1v) is 10.3. The molecule has 0 aromatic heterocycles. The van der Waals surface area contributed by atoms with E-state index in [-0.39, 0.29) is 0 Å². The molecular weight excluding hydrogens is 294 g/mol. The summed E-state index contributed by atoms with van der Waals surface area (Å²) >= 11 is 0. The van der Waals surface area contributed by atoms with Crippen LogP contribution < -0.4 is 0 Å². The molecule has 0 aromatic rings. The fourth-order valence-corrected chi connectivity index (χ4v) is 4.07. The Morgan fingerprint density at radius 3 is 2.62 bits per heavy atom. The van der Waals surface area contributed by atoms with Gasteiger partial charge in [0.25, 0.3) is 0 Å². The molecule has 1 saturated carbocycles. The van der Waals surface area contributed by atoms with Gasteiger partial charge in [-0.2, -0.15) is 0 Å². The lowest BCUT2D eigenvalue weighted by Gasteiger charge is -2.39. The van der Waals surface area contributed by atoms with Gasteiger partial charge in [0.05, 0.1) is 6.04 Å². The highest BCUT2D eigenvalue weighted by Crippen LogP contribution is 2.24. The van der Waals surface area contributed by atoms with Crippen molar-refractivity contribution in [3.05, 3.63) is 0 Å². The van der Waals surface area contributed by atoms with Crippen molar-refractivity contribution >= 4 is 5.96 Å². The SMILES string of the molecule is C#CCC1CCCN(C(=NC2CCCCC2)N(CC)CCCC)C1. The molecule has 3 nitrogen and oxygen atoms in total. The van der Waals surface area contributed by atoms with Crippen LogP contribution >= 0.6 is 0 Å².